The van der Waals surface area contributed by atoms with Crippen molar-refractivity contribution in [3.05, 3.63) is 48.9 Å². The summed E-state index contributed by atoms with van der Waals surface area (Å²) in [5.74, 6) is -0.248. The molecule has 0 saturated carbocycles. The number of hydrogen-bond donors (Lipinski definition) is 0. The Labute approximate surface area is 127 Å². The summed E-state index contributed by atoms with van der Waals surface area (Å²) >= 11 is 0. The summed E-state index contributed by atoms with van der Waals surface area (Å²) in [5.41, 5.74) is 1.83. The molecule has 3 aromatic rings. The predicted molar refractivity (Wildman–Crippen MR) is 82.2 cm³/mol. The van der Waals surface area contributed by atoms with Crippen LogP contribution in [-0.2, 0) is 0 Å². The molecule has 3 heterocycles. The van der Waals surface area contributed by atoms with E-state index in [1.54, 1.807) is 18.9 Å². The first-order valence-corrected chi connectivity index (χ1v) is 7.44. The lowest BCUT2D eigenvalue weighted by Crippen LogP contribution is -2.34. The molecule has 2 aromatic heterocycles. The molecule has 1 aliphatic heterocycles. The van der Waals surface area contributed by atoms with E-state index in [9.17, 15) is 4.39 Å². The second-order valence-electron chi connectivity index (χ2n) is 5.59. The molecule has 0 N–H and O–H groups in total. The van der Waals surface area contributed by atoms with Gasteiger partial charge >= 0.3 is 0 Å². The number of rotatable bonds is 2. The molecule has 0 amide bonds. The average molecular weight is 297 g/mol. The van der Waals surface area contributed by atoms with Gasteiger partial charge in [-0.2, -0.15) is 5.10 Å². The zero-order valence-electron chi connectivity index (χ0n) is 12.1. The van der Waals surface area contributed by atoms with E-state index >= 15 is 0 Å². The van der Waals surface area contributed by atoms with Gasteiger partial charge in [-0.15, -0.1) is 0 Å². The van der Waals surface area contributed by atoms with Gasteiger partial charge in [-0.25, -0.2) is 14.1 Å². The van der Waals surface area contributed by atoms with E-state index in [4.69, 9.17) is 0 Å². The van der Waals surface area contributed by atoms with E-state index < -0.39 is 0 Å². The molecule has 22 heavy (non-hydrogen) atoms. The molecule has 5 nitrogen and oxygen atoms in total. The minimum atomic E-state index is -0.248. The monoisotopic (exact) mass is 297 g/mol. The van der Waals surface area contributed by atoms with E-state index in [1.165, 1.54) is 12.1 Å². The van der Waals surface area contributed by atoms with Crippen LogP contribution in [0.5, 0.6) is 0 Å². The maximum Gasteiger partial charge on any atom is 0.137 e. The van der Waals surface area contributed by atoms with Crippen molar-refractivity contribution in [3.8, 4) is 0 Å². The number of aromatic nitrogens is 4. The van der Waals surface area contributed by atoms with Crippen molar-refractivity contribution in [3.63, 3.8) is 0 Å². The molecule has 0 spiro atoms. The number of pyridine rings is 1. The standard InChI is InChI=1S/C16H16FN5/c17-12-1-2-14-15(9-12)19-6-3-16(14)21-7-4-13(5-8-21)22-11-18-10-20-22/h1-3,6,9-11,13H,4-5,7-8H2. The van der Waals surface area contributed by atoms with Crippen LogP contribution < -0.4 is 4.90 Å². The summed E-state index contributed by atoms with van der Waals surface area (Å²) in [6.45, 7) is 1.89. The number of halogens is 1. The smallest absolute Gasteiger partial charge is 0.137 e. The van der Waals surface area contributed by atoms with E-state index in [1.807, 2.05) is 16.8 Å². The molecule has 0 bridgehead atoms. The summed E-state index contributed by atoms with van der Waals surface area (Å²) < 4.78 is 15.3. The molecule has 0 aliphatic carbocycles. The fraction of sp³-hybridized carbons (Fsp3) is 0.312. The van der Waals surface area contributed by atoms with E-state index in [0.717, 1.165) is 37.0 Å². The van der Waals surface area contributed by atoms with Crippen LogP contribution in [0.3, 0.4) is 0 Å². The number of hydrogen-bond acceptors (Lipinski definition) is 4. The number of fused-ring (bicyclic) bond motifs is 1. The van der Waals surface area contributed by atoms with Crippen LogP contribution in [-0.4, -0.2) is 32.8 Å². The zero-order valence-corrected chi connectivity index (χ0v) is 12.1. The normalized spacial score (nSPS) is 16.3. The van der Waals surface area contributed by atoms with Crippen LogP contribution in [0.25, 0.3) is 10.9 Å². The highest BCUT2D eigenvalue weighted by Gasteiger charge is 2.22. The second-order valence-corrected chi connectivity index (χ2v) is 5.59. The Bertz CT molecular complexity index is 778. The number of benzene rings is 1. The van der Waals surface area contributed by atoms with Gasteiger partial charge in [0.25, 0.3) is 0 Å². The van der Waals surface area contributed by atoms with Crippen LogP contribution in [0.4, 0.5) is 10.1 Å². The third-order valence-corrected chi connectivity index (χ3v) is 4.30. The maximum atomic E-state index is 13.3. The van der Waals surface area contributed by atoms with Gasteiger partial charge in [-0.3, -0.25) is 4.98 Å². The molecular formula is C16H16FN5. The lowest BCUT2D eigenvalue weighted by molar-refractivity contribution is 0.366. The first kappa shape index (κ1) is 13.2. The van der Waals surface area contributed by atoms with Gasteiger partial charge in [0.15, 0.2) is 0 Å². The van der Waals surface area contributed by atoms with Gasteiger partial charge in [-0.1, -0.05) is 0 Å². The zero-order chi connectivity index (χ0) is 14.9. The summed E-state index contributed by atoms with van der Waals surface area (Å²) in [7, 11) is 0. The molecule has 112 valence electrons. The van der Waals surface area contributed by atoms with Crippen molar-refractivity contribution in [2.24, 2.45) is 0 Å². The van der Waals surface area contributed by atoms with E-state index in [2.05, 4.69) is 20.0 Å². The van der Waals surface area contributed by atoms with Crippen LogP contribution in [0, 0.1) is 5.82 Å². The Morgan fingerprint density at radius 1 is 1.14 bits per heavy atom. The van der Waals surface area contributed by atoms with Crippen molar-refractivity contribution >= 4 is 16.6 Å². The quantitative estimate of drug-likeness (QED) is 0.730. The average Bonchev–Trinajstić information content (AvgIpc) is 3.09. The van der Waals surface area contributed by atoms with Gasteiger partial charge in [0, 0.05) is 36.4 Å². The van der Waals surface area contributed by atoms with Crippen LogP contribution in [0.2, 0.25) is 0 Å². The fourth-order valence-corrected chi connectivity index (χ4v) is 3.16. The first-order valence-electron chi connectivity index (χ1n) is 7.44. The minimum Gasteiger partial charge on any atom is -0.371 e. The molecule has 0 radical (unpaired) electrons. The highest BCUT2D eigenvalue weighted by atomic mass is 19.1. The number of anilines is 1. The van der Waals surface area contributed by atoms with Gasteiger partial charge < -0.3 is 4.90 Å². The first-order chi connectivity index (χ1) is 10.8. The van der Waals surface area contributed by atoms with Gasteiger partial charge in [0.1, 0.15) is 18.5 Å². The van der Waals surface area contributed by atoms with Crippen molar-refractivity contribution in [1.29, 1.82) is 0 Å². The Morgan fingerprint density at radius 3 is 2.77 bits per heavy atom. The number of piperidine rings is 1. The van der Waals surface area contributed by atoms with E-state index in [-0.39, 0.29) is 5.82 Å². The van der Waals surface area contributed by atoms with Crippen molar-refractivity contribution in [2.75, 3.05) is 18.0 Å². The number of nitrogens with zero attached hydrogens (tertiary/aromatic N) is 5. The summed E-state index contributed by atoms with van der Waals surface area (Å²) in [5, 5.41) is 5.24. The third kappa shape index (κ3) is 2.30. The van der Waals surface area contributed by atoms with Crippen LogP contribution in [0.1, 0.15) is 18.9 Å². The van der Waals surface area contributed by atoms with Crippen molar-refractivity contribution in [2.45, 2.75) is 18.9 Å². The molecule has 6 heteroatoms. The van der Waals surface area contributed by atoms with Crippen LogP contribution in [0.15, 0.2) is 43.1 Å². The molecule has 4 rings (SSSR count). The van der Waals surface area contributed by atoms with Gasteiger partial charge in [0.05, 0.1) is 11.6 Å². The van der Waals surface area contributed by atoms with Crippen LogP contribution >= 0.6 is 0 Å². The summed E-state index contributed by atoms with van der Waals surface area (Å²) in [4.78, 5) is 10.6. The largest absolute Gasteiger partial charge is 0.371 e. The fourth-order valence-electron chi connectivity index (χ4n) is 3.16. The Morgan fingerprint density at radius 2 is 2.00 bits per heavy atom. The van der Waals surface area contributed by atoms with Gasteiger partial charge in [0.2, 0.25) is 0 Å². The van der Waals surface area contributed by atoms with Crippen molar-refractivity contribution < 1.29 is 4.39 Å². The highest BCUT2D eigenvalue weighted by molar-refractivity contribution is 5.91. The topological polar surface area (TPSA) is 46.8 Å². The highest BCUT2D eigenvalue weighted by Crippen LogP contribution is 2.30. The van der Waals surface area contributed by atoms with E-state index in [0.29, 0.717) is 11.6 Å². The lowest BCUT2D eigenvalue weighted by Gasteiger charge is -2.34. The third-order valence-electron chi connectivity index (χ3n) is 4.30. The molecular weight excluding hydrogens is 281 g/mol. The minimum absolute atomic E-state index is 0.248. The maximum absolute atomic E-state index is 13.3. The molecule has 1 saturated heterocycles. The summed E-state index contributed by atoms with van der Waals surface area (Å²) in [6.07, 6.45) is 7.16. The molecule has 0 unspecified atom stereocenters. The summed E-state index contributed by atoms with van der Waals surface area (Å²) in [6, 6.07) is 7.22. The molecule has 1 aromatic carbocycles. The molecule has 1 fully saturated rings. The molecule has 1 aliphatic rings. The lowest BCUT2D eigenvalue weighted by atomic mass is 10.0. The SMILES string of the molecule is Fc1ccc2c(N3CCC(n4cncn4)CC3)ccnc2c1. The Balaban J connectivity index is 1.59. The Hall–Kier alpha value is -2.50. The Kier molecular flexibility index (Phi) is 3.21. The van der Waals surface area contributed by atoms with Gasteiger partial charge in [-0.05, 0) is 31.0 Å². The predicted octanol–water partition coefficient (Wildman–Crippen LogP) is 2.81. The second kappa shape index (κ2) is 5.36. The van der Waals surface area contributed by atoms with Crippen molar-refractivity contribution in [1.82, 2.24) is 19.7 Å². The molecule has 0 atom stereocenters.